The van der Waals surface area contributed by atoms with Crippen molar-refractivity contribution in [3.05, 3.63) is 19.2 Å². The Morgan fingerprint density at radius 1 is 1.50 bits per heavy atom. The molecule has 0 saturated heterocycles. The van der Waals surface area contributed by atoms with Crippen molar-refractivity contribution < 1.29 is 8.42 Å². The molecule has 2 nitrogen and oxygen atoms in total. The van der Waals surface area contributed by atoms with Crippen LogP contribution in [0.5, 0.6) is 0 Å². The highest BCUT2D eigenvalue weighted by atomic mass is 79.9. The Hall–Kier alpha value is 0.900. The molecule has 1 heterocycles. The standard InChI is InChI=1S/C5H3Br2ClO2S2/c6-4-1-3(11-5(4)7)2-12(8,9)10/h1H,2H2. The van der Waals surface area contributed by atoms with E-state index in [0.717, 1.165) is 8.26 Å². The number of hydrogen-bond acceptors (Lipinski definition) is 3. The average Bonchev–Trinajstić information content (AvgIpc) is 2.07. The molecule has 1 aromatic heterocycles. The Morgan fingerprint density at radius 3 is 2.42 bits per heavy atom. The normalized spacial score (nSPS) is 11.9. The van der Waals surface area contributed by atoms with E-state index in [-0.39, 0.29) is 5.75 Å². The van der Waals surface area contributed by atoms with Crippen LogP contribution in [0.1, 0.15) is 4.88 Å². The zero-order valence-corrected chi connectivity index (χ0v) is 11.1. The van der Waals surface area contributed by atoms with Gasteiger partial charge in [0.2, 0.25) is 9.05 Å². The Morgan fingerprint density at radius 2 is 2.08 bits per heavy atom. The Balaban J connectivity index is 2.92. The summed E-state index contributed by atoms with van der Waals surface area (Å²) in [5.74, 6) is -0.122. The molecule has 1 aromatic rings. The number of rotatable bonds is 2. The molecule has 7 heteroatoms. The van der Waals surface area contributed by atoms with E-state index in [0.29, 0.717) is 4.88 Å². The summed E-state index contributed by atoms with van der Waals surface area (Å²) in [6.45, 7) is 0. The lowest BCUT2D eigenvalue weighted by atomic mass is 10.5. The predicted molar refractivity (Wildman–Crippen MR) is 58.2 cm³/mol. The van der Waals surface area contributed by atoms with Crippen LogP contribution in [0.3, 0.4) is 0 Å². The highest BCUT2D eigenvalue weighted by Crippen LogP contribution is 2.33. The summed E-state index contributed by atoms with van der Waals surface area (Å²) in [5.41, 5.74) is 0. The third-order valence-electron chi connectivity index (χ3n) is 1.01. The van der Waals surface area contributed by atoms with Crippen LogP contribution < -0.4 is 0 Å². The van der Waals surface area contributed by atoms with E-state index in [9.17, 15) is 8.42 Å². The van der Waals surface area contributed by atoms with Gasteiger partial charge in [0.25, 0.3) is 0 Å². The third-order valence-corrected chi connectivity index (χ3v) is 5.43. The van der Waals surface area contributed by atoms with Gasteiger partial charge in [-0.05, 0) is 37.9 Å². The van der Waals surface area contributed by atoms with Gasteiger partial charge in [0.15, 0.2) is 0 Å². The summed E-state index contributed by atoms with van der Waals surface area (Å²) in [6.07, 6.45) is 0. The van der Waals surface area contributed by atoms with Gasteiger partial charge in [-0.3, -0.25) is 0 Å². The molecule has 0 unspecified atom stereocenters. The molecule has 68 valence electrons. The molecule has 0 aromatic carbocycles. The smallest absolute Gasteiger partial charge is 0.212 e. The molecule has 0 radical (unpaired) electrons. The van der Waals surface area contributed by atoms with Crippen molar-refractivity contribution in [1.82, 2.24) is 0 Å². The Kier molecular flexibility index (Phi) is 3.62. The minimum atomic E-state index is -3.44. The van der Waals surface area contributed by atoms with E-state index in [4.69, 9.17) is 10.7 Å². The molecule has 0 bridgehead atoms. The van der Waals surface area contributed by atoms with Crippen molar-refractivity contribution in [2.75, 3.05) is 0 Å². The zero-order valence-electron chi connectivity index (χ0n) is 5.55. The molecule has 0 fully saturated rings. The van der Waals surface area contributed by atoms with Crippen molar-refractivity contribution >= 4 is 62.9 Å². The molecule has 0 amide bonds. The molecular weight excluding hydrogens is 351 g/mol. The molecule has 1 rings (SSSR count). The second-order valence-electron chi connectivity index (χ2n) is 2.02. The first-order chi connectivity index (χ1) is 5.38. The summed E-state index contributed by atoms with van der Waals surface area (Å²) in [6, 6.07) is 1.73. The van der Waals surface area contributed by atoms with Gasteiger partial charge in [-0.25, -0.2) is 8.42 Å². The minimum absolute atomic E-state index is 0.122. The first kappa shape index (κ1) is 11.0. The van der Waals surface area contributed by atoms with Crippen molar-refractivity contribution in [2.45, 2.75) is 5.75 Å². The molecule has 12 heavy (non-hydrogen) atoms. The van der Waals surface area contributed by atoms with Crippen LogP contribution in [-0.2, 0) is 14.8 Å². The topological polar surface area (TPSA) is 34.1 Å². The summed E-state index contributed by atoms with van der Waals surface area (Å²) < 4.78 is 23.0. The van der Waals surface area contributed by atoms with Crippen LogP contribution in [0.4, 0.5) is 0 Å². The van der Waals surface area contributed by atoms with Crippen molar-refractivity contribution in [2.24, 2.45) is 0 Å². The lowest BCUT2D eigenvalue weighted by Gasteiger charge is -1.88. The number of halogens is 3. The van der Waals surface area contributed by atoms with Gasteiger partial charge in [-0.15, -0.1) is 11.3 Å². The van der Waals surface area contributed by atoms with E-state index in [1.165, 1.54) is 11.3 Å². The Bertz CT molecular complexity index is 365. The zero-order chi connectivity index (χ0) is 9.35. The monoisotopic (exact) mass is 352 g/mol. The first-order valence-corrected chi connectivity index (χ1v) is 7.62. The molecule has 0 spiro atoms. The van der Waals surface area contributed by atoms with Gasteiger partial charge in [0.05, 0.1) is 9.54 Å². The summed E-state index contributed by atoms with van der Waals surface area (Å²) in [7, 11) is 1.64. The van der Waals surface area contributed by atoms with E-state index in [1.807, 2.05) is 0 Å². The van der Waals surface area contributed by atoms with Gasteiger partial charge >= 0.3 is 0 Å². The molecular formula is C5H3Br2ClO2S2. The van der Waals surface area contributed by atoms with Crippen LogP contribution in [0, 0.1) is 0 Å². The van der Waals surface area contributed by atoms with Gasteiger partial charge in [0, 0.05) is 20.0 Å². The second kappa shape index (κ2) is 3.96. The maximum Gasteiger partial charge on any atom is 0.237 e. The quantitative estimate of drug-likeness (QED) is 0.764. The number of hydrogen-bond donors (Lipinski definition) is 0. The van der Waals surface area contributed by atoms with Gasteiger partial charge in [-0.2, -0.15) is 0 Å². The van der Waals surface area contributed by atoms with Crippen LogP contribution in [0.15, 0.2) is 14.3 Å². The summed E-state index contributed by atoms with van der Waals surface area (Å²) >= 11 is 7.85. The molecule has 0 aliphatic carbocycles. The van der Waals surface area contributed by atoms with Gasteiger partial charge < -0.3 is 0 Å². The fourth-order valence-electron chi connectivity index (χ4n) is 0.632. The average molecular weight is 354 g/mol. The SMILES string of the molecule is O=S(=O)(Cl)Cc1cc(Br)c(Br)s1. The summed E-state index contributed by atoms with van der Waals surface area (Å²) in [5, 5.41) is 0. The lowest BCUT2D eigenvalue weighted by molar-refractivity contribution is 0.609. The van der Waals surface area contributed by atoms with Crippen molar-refractivity contribution in [3.63, 3.8) is 0 Å². The maximum atomic E-state index is 10.7. The molecule has 0 aliphatic rings. The van der Waals surface area contributed by atoms with Crippen molar-refractivity contribution in [3.8, 4) is 0 Å². The summed E-state index contributed by atoms with van der Waals surface area (Å²) in [4.78, 5) is 0.712. The van der Waals surface area contributed by atoms with E-state index >= 15 is 0 Å². The molecule has 0 N–H and O–H groups in total. The molecule has 0 atom stereocenters. The van der Waals surface area contributed by atoms with Gasteiger partial charge in [0.1, 0.15) is 0 Å². The van der Waals surface area contributed by atoms with Gasteiger partial charge in [-0.1, -0.05) is 0 Å². The Labute approximate surface area is 95.6 Å². The fourth-order valence-corrected chi connectivity index (χ4v) is 4.28. The first-order valence-electron chi connectivity index (χ1n) is 2.74. The fraction of sp³-hybridized carbons (Fsp3) is 0.200. The maximum absolute atomic E-state index is 10.7. The van der Waals surface area contributed by atoms with Crippen LogP contribution >= 0.6 is 53.9 Å². The van der Waals surface area contributed by atoms with E-state index < -0.39 is 9.05 Å². The van der Waals surface area contributed by atoms with Crippen LogP contribution in [-0.4, -0.2) is 8.42 Å². The van der Waals surface area contributed by atoms with E-state index in [1.54, 1.807) is 6.07 Å². The van der Waals surface area contributed by atoms with Crippen molar-refractivity contribution in [1.29, 1.82) is 0 Å². The highest BCUT2D eigenvalue weighted by molar-refractivity contribution is 9.13. The molecule has 0 aliphatic heterocycles. The van der Waals surface area contributed by atoms with Crippen LogP contribution in [0.25, 0.3) is 0 Å². The largest absolute Gasteiger partial charge is 0.237 e. The second-order valence-corrected chi connectivity index (χ2v) is 8.10. The lowest BCUT2D eigenvalue weighted by Crippen LogP contribution is -1.91. The predicted octanol–water partition coefficient (Wildman–Crippen LogP) is 3.34. The van der Waals surface area contributed by atoms with E-state index in [2.05, 4.69) is 31.9 Å². The van der Waals surface area contributed by atoms with Crippen LogP contribution in [0.2, 0.25) is 0 Å². The minimum Gasteiger partial charge on any atom is -0.212 e. The number of thiophene rings is 1. The highest BCUT2D eigenvalue weighted by Gasteiger charge is 2.11. The molecule has 0 saturated carbocycles. The third kappa shape index (κ3) is 3.33.